The zero-order valence-electron chi connectivity index (χ0n) is 10.4. The van der Waals surface area contributed by atoms with Gasteiger partial charge < -0.3 is 20.3 Å². The molecule has 0 radical (unpaired) electrons. The van der Waals surface area contributed by atoms with Crippen LogP contribution in [0.2, 0.25) is 0 Å². The molecule has 3 rings (SSSR count). The summed E-state index contributed by atoms with van der Waals surface area (Å²) < 4.78 is 5.36. The van der Waals surface area contributed by atoms with E-state index in [4.69, 9.17) is 4.74 Å². The summed E-state index contributed by atoms with van der Waals surface area (Å²) in [7, 11) is 3.50. The van der Waals surface area contributed by atoms with Crippen molar-refractivity contribution in [1.82, 2.24) is 9.97 Å². The molecule has 7 heteroatoms. The maximum absolute atomic E-state index is 12.4. The molecule has 0 aliphatic carbocycles. The van der Waals surface area contributed by atoms with Gasteiger partial charge in [0.1, 0.15) is 11.2 Å². The Morgan fingerprint density at radius 2 is 2.44 bits per heavy atom. The molecule has 0 aromatic carbocycles. The minimum atomic E-state index is -0.666. The summed E-state index contributed by atoms with van der Waals surface area (Å²) in [6, 6.07) is 0. The number of ether oxygens (including phenoxy) is 1. The Morgan fingerprint density at radius 3 is 3.11 bits per heavy atom. The number of likely N-dealkylation sites (N-methyl/N-ethyl adjacent to an activating group) is 1. The molecule has 3 heterocycles. The molecule has 1 aromatic rings. The van der Waals surface area contributed by atoms with Crippen molar-refractivity contribution in [2.24, 2.45) is 0 Å². The van der Waals surface area contributed by atoms with E-state index in [0.717, 1.165) is 0 Å². The number of hydrogen-bond acceptors (Lipinski definition) is 6. The molecule has 7 nitrogen and oxygen atoms in total. The van der Waals surface area contributed by atoms with E-state index in [2.05, 4.69) is 20.6 Å². The molecule has 1 unspecified atom stereocenters. The summed E-state index contributed by atoms with van der Waals surface area (Å²) >= 11 is 0. The second kappa shape index (κ2) is 3.81. The summed E-state index contributed by atoms with van der Waals surface area (Å²) in [6.45, 7) is 0.973. The Balaban J connectivity index is 2.06. The van der Waals surface area contributed by atoms with Crippen molar-refractivity contribution in [2.75, 3.05) is 42.8 Å². The number of carbonyl (C=O) groups is 1. The van der Waals surface area contributed by atoms with Gasteiger partial charge >= 0.3 is 0 Å². The van der Waals surface area contributed by atoms with Crippen LogP contribution in [0.15, 0.2) is 6.20 Å². The van der Waals surface area contributed by atoms with Crippen LogP contribution in [0.1, 0.15) is 6.42 Å². The molecular weight excluding hydrogens is 234 g/mol. The van der Waals surface area contributed by atoms with Crippen molar-refractivity contribution in [1.29, 1.82) is 0 Å². The van der Waals surface area contributed by atoms with Gasteiger partial charge in [-0.05, 0) is 0 Å². The summed E-state index contributed by atoms with van der Waals surface area (Å²) in [6.07, 6.45) is 2.30. The molecule has 1 amide bonds. The third kappa shape index (κ3) is 1.43. The fourth-order valence-electron chi connectivity index (χ4n) is 2.38. The number of rotatable bonds is 1. The van der Waals surface area contributed by atoms with Crippen LogP contribution in [0.5, 0.6) is 0 Å². The normalized spacial score (nSPS) is 26.1. The molecule has 18 heavy (non-hydrogen) atoms. The third-order valence-electron chi connectivity index (χ3n) is 3.45. The first-order valence-electron chi connectivity index (χ1n) is 5.85. The SMILES string of the molecule is CNc1ncc2c(n1)NC1(CCOC1)C(=O)N2C. The van der Waals surface area contributed by atoms with Crippen molar-refractivity contribution in [2.45, 2.75) is 12.0 Å². The van der Waals surface area contributed by atoms with Crippen LogP contribution in [0.3, 0.4) is 0 Å². The van der Waals surface area contributed by atoms with Gasteiger partial charge in [0, 0.05) is 27.1 Å². The molecule has 1 saturated heterocycles. The van der Waals surface area contributed by atoms with Crippen molar-refractivity contribution >= 4 is 23.4 Å². The Morgan fingerprint density at radius 1 is 1.61 bits per heavy atom. The van der Waals surface area contributed by atoms with Gasteiger partial charge in [0.2, 0.25) is 5.95 Å². The first-order valence-corrected chi connectivity index (χ1v) is 5.85. The minimum Gasteiger partial charge on any atom is -0.378 e. The van der Waals surface area contributed by atoms with Crippen molar-refractivity contribution < 1.29 is 9.53 Å². The van der Waals surface area contributed by atoms with Gasteiger partial charge in [-0.15, -0.1) is 0 Å². The Hall–Kier alpha value is -1.89. The van der Waals surface area contributed by atoms with E-state index >= 15 is 0 Å². The van der Waals surface area contributed by atoms with Crippen LogP contribution in [0, 0.1) is 0 Å². The molecule has 2 aliphatic rings. The molecule has 1 atom stereocenters. The maximum Gasteiger partial charge on any atom is 0.255 e. The lowest BCUT2D eigenvalue weighted by Gasteiger charge is -2.38. The monoisotopic (exact) mass is 249 g/mol. The first kappa shape index (κ1) is 11.2. The highest BCUT2D eigenvalue weighted by Crippen LogP contribution is 2.36. The van der Waals surface area contributed by atoms with E-state index in [-0.39, 0.29) is 5.91 Å². The van der Waals surface area contributed by atoms with E-state index in [1.807, 2.05) is 0 Å². The van der Waals surface area contributed by atoms with Crippen molar-refractivity contribution in [3.05, 3.63) is 6.20 Å². The summed E-state index contributed by atoms with van der Waals surface area (Å²) in [5.41, 5.74) is 0.0257. The van der Waals surface area contributed by atoms with Crippen molar-refractivity contribution in [3.8, 4) is 0 Å². The maximum atomic E-state index is 12.4. The zero-order valence-corrected chi connectivity index (χ0v) is 10.4. The van der Waals surface area contributed by atoms with E-state index < -0.39 is 5.54 Å². The summed E-state index contributed by atoms with van der Waals surface area (Å²) in [5.74, 6) is 1.20. The van der Waals surface area contributed by atoms with E-state index in [1.54, 1.807) is 25.2 Å². The highest BCUT2D eigenvalue weighted by atomic mass is 16.5. The number of nitrogens with zero attached hydrogens (tertiary/aromatic N) is 3. The second-order valence-electron chi connectivity index (χ2n) is 4.55. The average Bonchev–Trinajstić information content (AvgIpc) is 2.85. The molecule has 2 aliphatic heterocycles. The third-order valence-corrected chi connectivity index (χ3v) is 3.45. The van der Waals surface area contributed by atoms with Gasteiger partial charge in [-0.1, -0.05) is 0 Å². The van der Waals surface area contributed by atoms with Gasteiger partial charge in [0.05, 0.1) is 12.8 Å². The standard InChI is InChI=1S/C11H15N5O2/c1-12-10-13-5-7-8(14-10)15-11(3-4-18-6-11)9(17)16(7)2/h5H,3-4,6H2,1-2H3,(H2,12,13,14,15). The van der Waals surface area contributed by atoms with Crippen LogP contribution >= 0.6 is 0 Å². The quantitative estimate of drug-likeness (QED) is 0.733. The van der Waals surface area contributed by atoms with Crippen molar-refractivity contribution in [3.63, 3.8) is 0 Å². The van der Waals surface area contributed by atoms with Crippen LogP contribution in [-0.4, -0.2) is 48.7 Å². The highest BCUT2D eigenvalue weighted by molar-refractivity contribution is 6.07. The van der Waals surface area contributed by atoms with E-state index in [0.29, 0.717) is 37.1 Å². The topological polar surface area (TPSA) is 79.4 Å². The number of hydrogen-bond donors (Lipinski definition) is 2. The zero-order chi connectivity index (χ0) is 12.8. The number of fused-ring (bicyclic) bond motifs is 1. The lowest BCUT2D eigenvalue weighted by Crippen LogP contribution is -2.57. The van der Waals surface area contributed by atoms with Gasteiger partial charge in [-0.3, -0.25) is 4.79 Å². The largest absolute Gasteiger partial charge is 0.378 e. The molecule has 96 valence electrons. The number of aromatic nitrogens is 2. The summed E-state index contributed by atoms with van der Waals surface area (Å²) in [5, 5.41) is 6.11. The lowest BCUT2D eigenvalue weighted by molar-refractivity contribution is -0.122. The molecule has 1 aromatic heterocycles. The smallest absolute Gasteiger partial charge is 0.255 e. The predicted molar refractivity (Wildman–Crippen MR) is 66.8 cm³/mol. The highest BCUT2D eigenvalue weighted by Gasteiger charge is 2.48. The molecular formula is C11H15N5O2. The number of carbonyl (C=O) groups excluding carboxylic acids is 1. The lowest BCUT2D eigenvalue weighted by atomic mass is 9.94. The van der Waals surface area contributed by atoms with Crippen LogP contribution in [-0.2, 0) is 9.53 Å². The predicted octanol–water partition coefficient (Wildman–Crippen LogP) is 0.0657. The number of nitrogens with one attached hydrogen (secondary N) is 2. The van der Waals surface area contributed by atoms with Crippen LogP contribution in [0.4, 0.5) is 17.5 Å². The molecule has 0 bridgehead atoms. The van der Waals surface area contributed by atoms with Crippen LogP contribution in [0.25, 0.3) is 0 Å². The average molecular weight is 249 g/mol. The minimum absolute atomic E-state index is 0.00769. The Bertz CT molecular complexity index is 498. The number of anilines is 3. The summed E-state index contributed by atoms with van der Waals surface area (Å²) in [4.78, 5) is 22.5. The number of amides is 1. The van der Waals surface area contributed by atoms with Gasteiger partial charge in [-0.2, -0.15) is 4.98 Å². The Labute approximate surface area is 105 Å². The van der Waals surface area contributed by atoms with E-state index in [1.165, 1.54) is 0 Å². The molecule has 2 N–H and O–H groups in total. The fraction of sp³-hybridized carbons (Fsp3) is 0.545. The van der Waals surface area contributed by atoms with E-state index in [9.17, 15) is 4.79 Å². The van der Waals surface area contributed by atoms with Gasteiger partial charge in [-0.25, -0.2) is 4.98 Å². The molecule has 1 spiro atoms. The second-order valence-corrected chi connectivity index (χ2v) is 4.55. The van der Waals surface area contributed by atoms with Gasteiger partial charge in [0.25, 0.3) is 5.91 Å². The van der Waals surface area contributed by atoms with Gasteiger partial charge in [0.15, 0.2) is 5.82 Å². The molecule has 1 fully saturated rings. The fourth-order valence-corrected chi connectivity index (χ4v) is 2.38. The molecule has 0 saturated carbocycles. The van der Waals surface area contributed by atoms with Crippen LogP contribution < -0.4 is 15.5 Å². The first-order chi connectivity index (χ1) is 8.66. The Kier molecular flexibility index (Phi) is 2.37.